The summed E-state index contributed by atoms with van der Waals surface area (Å²) in [6, 6.07) is 5.93. The van der Waals surface area contributed by atoms with Crippen LogP contribution in [0, 0.1) is 5.82 Å². The molecule has 0 aromatic heterocycles. The standard InChI is InChI=1S/C14H19FN2O2/c1-3-14(19)17(4-2)10-13(18)16-9-11-5-7-12(15)8-6-11/h5-8H,3-4,9-10H2,1-2H3,(H,16,18). The largest absolute Gasteiger partial charge is 0.350 e. The van der Waals surface area contributed by atoms with Crippen LogP contribution in [0.2, 0.25) is 0 Å². The number of hydrogen-bond acceptors (Lipinski definition) is 2. The van der Waals surface area contributed by atoms with Crippen molar-refractivity contribution in [3.8, 4) is 0 Å². The Bertz CT molecular complexity index is 432. The molecule has 1 N–H and O–H groups in total. The molecule has 0 radical (unpaired) electrons. The minimum atomic E-state index is -0.305. The number of rotatable bonds is 6. The van der Waals surface area contributed by atoms with Crippen LogP contribution in [0.4, 0.5) is 4.39 Å². The third-order valence-corrected chi connectivity index (χ3v) is 2.77. The van der Waals surface area contributed by atoms with Crippen LogP contribution < -0.4 is 5.32 Å². The molecule has 0 aliphatic rings. The van der Waals surface area contributed by atoms with Crippen LogP contribution in [-0.4, -0.2) is 29.8 Å². The smallest absolute Gasteiger partial charge is 0.239 e. The Morgan fingerprint density at radius 2 is 1.84 bits per heavy atom. The molecular formula is C14H19FN2O2. The number of amides is 2. The summed E-state index contributed by atoms with van der Waals surface area (Å²) in [5.74, 6) is -0.562. The first-order valence-electron chi connectivity index (χ1n) is 6.35. The quantitative estimate of drug-likeness (QED) is 0.852. The van der Waals surface area contributed by atoms with Crippen LogP contribution >= 0.6 is 0 Å². The highest BCUT2D eigenvalue weighted by Crippen LogP contribution is 2.02. The van der Waals surface area contributed by atoms with E-state index in [-0.39, 0.29) is 24.2 Å². The van der Waals surface area contributed by atoms with Crippen molar-refractivity contribution in [2.24, 2.45) is 0 Å². The average molecular weight is 266 g/mol. The molecule has 0 spiro atoms. The fourth-order valence-electron chi connectivity index (χ4n) is 1.63. The van der Waals surface area contributed by atoms with Gasteiger partial charge in [-0.3, -0.25) is 9.59 Å². The van der Waals surface area contributed by atoms with Gasteiger partial charge in [0.25, 0.3) is 0 Å². The maximum Gasteiger partial charge on any atom is 0.239 e. The molecule has 0 atom stereocenters. The van der Waals surface area contributed by atoms with E-state index in [0.717, 1.165) is 5.56 Å². The predicted octanol–water partition coefficient (Wildman–Crippen LogP) is 1.70. The fourth-order valence-corrected chi connectivity index (χ4v) is 1.63. The normalized spacial score (nSPS) is 10.1. The van der Waals surface area contributed by atoms with Gasteiger partial charge in [0.1, 0.15) is 5.82 Å². The van der Waals surface area contributed by atoms with Crippen molar-refractivity contribution in [1.82, 2.24) is 10.2 Å². The van der Waals surface area contributed by atoms with E-state index in [0.29, 0.717) is 19.5 Å². The second-order valence-corrected chi connectivity index (χ2v) is 4.16. The van der Waals surface area contributed by atoms with E-state index in [1.54, 1.807) is 19.1 Å². The molecule has 1 aromatic rings. The lowest BCUT2D eigenvalue weighted by molar-refractivity contribution is -0.135. The molecule has 0 bridgehead atoms. The maximum atomic E-state index is 12.7. The van der Waals surface area contributed by atoms with Gasteiger partial charge in [0.05, 0.1) is 6.54 Å². The van der Waals surface area contributed by atoms with Gasteiger partial charge in [-0.2, -0.15) is 0 Å². The van der Waals surface area contributed by atoms with Crippen LogP contribution in [0.3, 0.4) is 0 Å². The van der Waals surface area contributed by atoms with Crippen molar-refractivity contribution in [3.05, 3.63) is 35.6 Å². The molecule has 1 aromatic carbocycles. The summed E-state index contributed by atoms with van der Waals surface area (Å²) in [6.07, 6.45) is 0.388. The highest BCUT2D eigenvalue weighted by molar-refractivity contribution is 5.84. The third-order valence-electron chi connectivity index (χ3n) is 2.77. The van der Waals surface area contributed by atoms with E-state index in [9.17, 15) is 14.0 Å². The summed E-state index contributed by atoms with van der Waals surface area (Å²) < 4.78 is 12.7. The molecule has 4 nitrogen and oxygen atoms in total. The Labute approximate surface area is 112 Å². The highest BCUT2D eigenvalue weighted by atomic mass is 19.1. The monoisotopic (exact) mass is 266 g/mol. The lowest BCUT2D eigenvalue weighted by Gasteiger charge is -2.19. The van der Waals surface area contributed by atoms with Gasteiger partial charge in [-0.1, -0.05) is 19.1 Å². The molecule has 0 unspecified atom stereocenters. The number of nitrogens with one attached hydrogen (secondary N) is 1. The van der Waals surface area contributed by atoms with Gasteiger partial charge in [-0.15, -0.1) is 0 Å². The predicted molar refractivity (Wildman–Crippen MR) is 70.8 cm³/mol. The Balaban J connectivity index is 2.42. The molecule has 5 heteroatoms. The molecule has 0 aliphatic carbocycles. The first kappa shape index (κ1) is 15.1. The summed E-state index contributed by atoms with van der Waals surface area (Å²) in [6.45, 7) is 4.50. The van der Waals surface area contributed by atoms with Gasteiger partial charge in [-0.05, 0) is 24.6 Å². The SMILES string of the molecule is CCC(=O)N(CC)CC(=O)NCc1ccc(F)cc1. The zero-order chi connectivity index (χ0) is 14.3. The Morgan fingerprint density at radius 1 is 1.21 bits per heavy atom. The summed E-state index contributed by atoms with van der Waals surface area (Å²) in [5, 5.41) is 2.71. The maximum absolute atomic E-state index is 12.7. The van der Waals surface area contributed by atoms with Crippen molar-refractivity contribution in [2.45, 2.75) is 26.8 Å². The zero-order valence-corrected chi connectivity index (χ0v) is 11.3. The molecule has 0 heterocycles. The minimum absolute atomic E-state index is 0.0422. The first-order valence-corrected chi connectivity index (χ1v) is 6.35. The molecule has 0 aliphatic heterocycles. The number of halogens is 1. The average Bonchev–Trinajstić information content (AvgIpc) is 2.43. The topological polar surface area (TPSA) is 49.4 Å². The number of likely N-dealkylation sites (N-methyl/N-ethyl adjacent to an activating group) is 1. The molecule has 0 saturated heterocycles. The van der Waals surface area contributed by atoms with Gasteiger partial charge < -0.3 is 10.2 Å². The number of hydrogen-bond donors (Lipinski definition) is 1. The Kier molecular flexibility index (Phi) is 5.99. The van der Waals surface area contributed by atoms with E-state index in [1.807, 2.05) is 6.92 Å². The van der Waals surface area contributed by atoms with Crippen LogP contribution in [0.25, 0.3) is 0 Å². The van der Waals surface area contributed by atoms with Gasteiger partial charge in [0, 0.05) is 19.5 Å². The van der Waals surface area contributed by atoms with Crippen LogP contribution in [0.15, 0.2) is 24.3 Å². The van der Waals surface area contributed by atoms with Gasteiger partial charge >= 0.3 is 0 Å². The molecule has 0 saturated carbocycles. The Hall–Kier alpha value is -1.91. The second-order valence-electron chi connectivity index (χ2n) is 4.16. The van der Waals surface area contributed by atoms with Crippen LogP contribution in [-0.2, 0) is 16.1 Å². The summed E-state index contributed by atoms with van der Waals surface area (Å²) in [4.78, 5) is 24.7. The zero-order valence-electron chi connectivity index (χ0n) is 11.3. The number of carbonyl (C=O) groups excluding carboxylic acids is 2. The summed E-state index contributed by atoms with van der Waals surface area (Å²) in [5.41, 5.74) is 0.819. The lowest BCUT2D eigenvalue weighted by atomic mass is 10.2. The number of nitrogens with zero attached hydrogens (tertiary/aromatic N) is 1. The van der Waals surface area contributed by atoms with E-state index in [1.165, 1.54) is 17.0 Å². The van der Waals surface area contributed by atoms with Crippen molar-refractivity contribution in [2.75, 3.05) is 13.1 Å². The van der Waals surface area contributed by atoms with Gasteiger partial charge in [-0.25, -0.2) is 4.39 Å². The van der Waals surface area contributed by atoms with Crippen molar-refractivity contribution < 1.29 is 14.0 Å². The van der Waals surface area contributed by atoms with Gasteiger partial charge in [0.15, 0.2) is 0 Å². The van der Waals surface area contributed by atoms with E-state index < -0.39 is 0 Å². The van der Waals surface area contributed by atoms with Crippen LogP contribution in [0.1, 0.15) is 25.8 Å². The number of benzene rings is 1. The summed E-state index contributed by atoms with van der Waals surface area (Å²) in [7, 11) is 0. The van der Waals surface area contributed by atoms with Crippen molar-refractivity contribution in [3.63, 3.8) is 0 Å². The highest BCUT2D eigenvalue weighted by Gasteiger charge is 2.13. The summed E-state index contributed by atoms with van der Waals surface area (Å²) >= 11 is 0. The molecular weight excluding hydrogens is 247 g/mol. The fraction of sp³-hybridized carbons (Fsp3) is 0.429. The Morgan fingerprint density at radius 3 is 2.37 bits per heavy atom. The van der Waals surface area contributed by atoms with Crippen LogP contribution in [0.5, 0.6) is 0 Å². The van der Waals surface area contributed by atoms with Gasteiger partial charge in [0.2, 0.25) is 11.8 Å². The third kappa shape index (κ3) is 5.07. The van der Waals surface area contributed by atoms with Crippen molar-refractivity contribution in [1.29, 1.82) is 0 Å². The molecule has 1 rings (SSSR count). The molecule has 2 amide bonds. The molecule has 0 fully saturated rings. The second kappa shape index (κ2) is 7.51. The first-order chi connectivity index (χ1) is 9.06. The van der Waals surface area contributed by atoms with E-state index >= 15 is 0 Å². The molecule has 104 valence electrons. The number of carbonyl (C=O) groups is 2. The minimum Gasteiger partial charge on any atom is -0.350 e. The van der Waals surface area contributed by atoms with Crippen molar-refractivity contribution >= 4 is 11.8 Å². The molecule has 19 heavy (non-hydrogen) atoms. The van der Waals surface area contributed by atoms with E-state index in [4.69, 9.17) is 0 Å². The lowest BCUT2D eigenvalue weighted by Crippen LogP contribution is -2.40. The van der Waals surface area contributed by atoms with E-state index in [2.05, 4.69) is 5.32 Å².